The first-order valence-corrected chi connectivity index (χ1v) is 9.89. The molecular weight excluding hydrogens is 308 g/mol. The molecule has 0 atom stereocenters. The van der Waals surface area contributed by atoms with Gasteiger partial charge in [-0.3, -0.25) is 0 Å². The van der Waals surface area contributed by atoms with Crippen LogP contribution >= 0.6 is 0 Å². The highest BCUT2D eigenvalue weighted by Crippen LogP contribution is 2.40. The molecular formula is C22H38N2O. The number of piperazine rings is 1. The summed E-state index contributed by atoms with van der Waals surface area (Å²) in [5.41, 5.74) is 3.45. The lowest BCUT2D eigenvalue weighted by Gasteiger charge is -2.28. The number of phenolic OH excluding ortho intramolecular Hbond substituents is 1. The fourth-order valence-electron chi connectivity index (χ4n) is 3.58. The average molecular weight is 347 g/mol. The van der Waals surface area contributed by atoms with Crippen LogP contribution in [-0.4, -0.2) is 42.7 Å². The summed E-state index contributed by atoms with van der Waals surface area (Å²) in [6.07, 6.45) is 3.55. The maximum Gasteiger partial charge on any atom is 0.123 e. The molecule has 0 radical (unpaired) electrons. The third-order valence-corrected chi connectivity index (χ3v) is 5.19. The highest BCUT2D eigenvalue weighted by molar-refractivity contribution is 5.49. The molecule has 0 aliphatic carbocycles. The van der Waals surface area contributed by atoms with Gasteiger partial charge >= 0.3 is 0 Å². The van der Waals surface area contributed by atoms with Crippen molar-refractivity contribution in [3.05, 3.63) is 28.8 Å². The molecule has 0 saturated carbocycles. The first-order chi connectivity index (χ1) is 11.6. The van der Waals surface area contributed by atoms with E-state index in [4.69, 9.17) is 0 Å². The van der Waals surface area contributed by atoms with Crippen LogP contribution in [0.2, 0.25) is 0 Å². The average Bonchev–Trinajstić information content (AvgIpc) is 2.51. The Hall–Kier alpha value is -1.06. The molecule has 1 aliphatic heterocycles. The van der Waals surface area contributed by atoms with Crippen molar-refractivity contribution >= 4 is 0 Å². The molecule has 0 amide bonds. The van der Waals surface area contributed by atoms with Crippen molar-refractivity contribution in [3.8, 4) is 5.75 Å². The van der Waals surface area contributed by atoms with Crippen LogP contribution in [0, 0.1) is 0 Å². The fourth-order valence-corrected chi connectivity index (χ4v) is 3.58. The monoisotopic (exact) mass is 346 g/mol. The minimum absolute atomic E-state index is 0.0408. The first-order valence-electron chi connectivity index (χ1n) is 9.89. The Morgan fingerprint density at radius 1 is 0.920 bits per heavy atom. The van der Waals surface area contributed by atoms with Crippen LogP contribution in [0.4, 0.5) is 0 Å². The Labute approximate surface area is 154 Å². The summed E-state index contributed by atoms with van der Waals surface area (Å²) in [7, 11) is 0. The van der Waals surface area contributed by atoms with Gasteiger partial charge in [0.05, 0.1) is 0 Å². The number of unbranched alkanes of at least 4 members (excludes halogenated alkanes) is 1. The van der Waals surface area contributed by atoms with Gasteiger partial charge in [-0.15, -0.1) is 0 Å². The molecule has 1 fully saturated rings. The zero-order chi connectivity index (χ0) is 18.7. The molecule has 0 aromatic heterocycles. The fraction of sp³-hybridized carbons (Fsp3) is 0.727. The van der Waals surface area contributed by atoms with E-state index in [9.17, 15) is 5.11 Å². The highest BCUT2D eigenvalue weighted by Gasteiger charge is 2.26. The summed E-state index contributed by atoms with van der Waals surface area (Å²) in [5.74, 6) is 0.490. The molecule has 3 heteroatoms. The molecule has 0 bridgehead atoms. The second-order valence-electron chi connectivity index (χ2n) is 9.59. The van der Waals surface area contributed by atoms with Crippen LogP contribution in [0.25, 0.3) is 0 Å². The van der Waals surface area contributed by atoms with E-state index in [1.54, 1.807) is 0 Å². The third kappa shape index (κ3) is 5.72. The summed E-state index contributed by atoms with van der Waals surface area (Å²) in [6.45, 7) is 18.9. The van der Waals surface area contributed by atoms with Gasteiger partial charge in [0.1, 0.15) is 5.75 Å². The van der Waals surface area contributed by atoms with E-state index in [1.165, 1.54) is 38.0 Å². The Bertz CT molecular complexity index is 525. The van der Waals surface area contributed by atoms with Crippen molar-refractivity contribution in [2.24, 2.45) is 0 Å². The molecule has 1 aromatic rings. The van der Waals surface area contributed by atoms with Crippen molar-refractivity contribution in [2.45, 2.75) is 71.6 Å². The van der Waals surface area contributed by atoms with Gasteiger partial charge in [-0.05, 0) is 53.3 Å². The molecule has 2 N–H and O–H groups in total. The van der Waals surface area contributed by atoms with Gasteiger partial charge in [0.15, 0.2) is 0 Å². The van der Waals surface area contributed by atoms with E-state index < -0.39 is 0 Å². The Morgan fingerprint density at radius 2 is 1.44 bits per heavy atom. The van der Waals surface area contributed by atoms with Gasteiger partial charge in [-0.25, -0.2) is 0 Å². The van der Waals surface area contributed by atoms with E-state index in [0.717, 1.165) is 30.6 Å². The van der Waals surface area contributed by atoms with E-state index in [0.29, 0.717) is 5.75 Å². The third-order valence-electron chi connectivity index (χ3n) is 5.19. The number of benzene rings is 1. The molecule has 2 rings (SSSR count). The normalized spacial score (nSPS) is 17.0. The van der Waals surface area contributed by atoms with Gasteiger partial charge in [0.2, 0.25) is 0 Å². The van der Waals surface area contributed by atoms with Crippen LogP contribution in [-0.2, 0) is 17.3 Å². The van der Waals surface area contributed by atoms with E-state index in [-0.39, 0.29) is 10.8 Å². The zero-order valence-electron chi connectivity index (χ0n) is 17.2. The smallest absolute Gasteiger partial charge is 0.123 e. The molecule has 0 unspecified atom stereocenters. The standard InChI is InChI=1S/C22H38N2O/c1-21(2,3)18-15-17(16-19(20(18)25)22(4,5)6)9-7-8-12-24-13-10-23-11-14-24/h15-16,23,25H,7-14H2,1-6H3. The number of aromatic hydroxyl groups is 1. The lowest BCUT2D eigenvalue weighted by atomic mass is 9.78. The summed E-state index contributed by atoms with van der Waals surface area (Å²) in [4.78, 5) is 2.56. The van der Waals surface area contributed by atoms with E-state index in [2.05, 4.69) is 63.9 Å². The number of nitrogens with one attached hydrogen (secondary N) is 1. The van der Waals surface area contributed by atoms with Gasteiger partial charge in [-0.2, -0.15) is 0 Å². The van der Waals surface area contributed by atoms with Crippen molar-refractivity contribution in [1.29, 1.82) is 0 Å². The largest absolute Gasteiger partial charge is 0.507 e. The minimum Gasteiger partial charge on any atom is -0.507 e. The van der Waals surface area contributed by atoms with E-state index >= 15 is 0 Å². The highest BCUT2D eigenvalue weighted by atomic mass is 16.3. The van der Waals surface area contributed by atoms with E-state index in [1.807, 2.05) is 0 Å². The number of rotatable bonds is 5. The van der Waals surface area contributed by atoms with Gasteiger partial charge in [-0.1, -0.05) is 53.7 Å². The summed E-state index contributed by atoms with van der Waals surface area (Å²) in [6, 6.07) is 4.46. The number of hydrogen-bond donors (Lipinski definition) is 2. The van der Waals surface area contributed by atoms with Crippen molar-refractivity contribution in [1.82, 2.24) is 10.2 Å². The number of phenols is 1. The van der Waals surface area contributed by atoms with Gasteiger partial charge in [0, 0.05) is 26.2 Å². The van der Waals surface area contributed by atoms with Crippen LogP contribution < -0.4 is 5.32 Å². The van der Waals surface area contributed by atoms with Crippen LogP contribution in [0.15, 0.2) is 12.1 Å². The second-order valence-corrected chi connectivity index (χ2v) is 9.59. The van der Waals surface area contributed by atoms with Crippen molar-refractivity contribution < 1.29 is 5.11 Å². The van der Waals surface area contributed by atoms with Crippen LogP contribution in [0.1, 0.15) is 71.1 Å². The predicted molar refractivity (Wildman–Crippen MR) is 108 cm³/mol. The molecule has 0 spiro atoms. The quantitative estimate of drug-likeness (QED) is 0.784. The lowest BCUT2D eigenvalue weighted by Crippen LogP contribution is -2.43. The molecule has 25 heavy (non-hydrogen) atoms. The van der Waals surface area contributed by atoms with Crippen LogP contribution in [0.5, 0.6) is 5.75 Å². The van der Waals surface area contributed by atoms with Crippen molar-refractivity contribution in [2.75, 3.05) is 32.7 Å². The lowest BCUT2D eigenvalue weighted by molar-refractivity contribution is 0.237. The molecule has 1 heterocycles. The molecule has 3 nitrogen and oxygen atoms in total. The maximum absolute atomic E-state index is 10.8. The minimum atomic E-state index is -0.0408. The number of hydrogen-bond acceptors (Lipinski definition) is 3. The summed E-state index contributed by atoms with van der Waals surface area (Å²) in [5, 5.41) is 14.2. The summed E-state index contributed by atoms with van der Waals surface area (Å²) < 4.78 is 0. The zero-order valence-corrected chi connectivity index (χ0v) is 17.2. The van der Waals surface area contributed by atoms with Crippen LogP contribution in [0.3, 0.4) is 0 Å². The number of aryl methyl sites for hydroxylation is 1. The van der Waals surface area contributed by atoms with Crippen molar-refractivity contribution in [3.63, 3.8) is 0 Å². The molecule has 142 valence electrons. The van der Waals surface area contributed by atoms with Gasteiger partial charge < -0.3 is 15.3 Å². The molecule has 1 saturated heterocycles. The predicted octanol–water partition coefficient (Wildman–Crippen LogP) is 4.22. The molecule has 1 aromatic carbocycles. The van der Waals surface area contributed by atoms with Gasteiger partial charge in [0.25, 0.3) is 0 Å². The Balaban J connectivity index is 2.06. The Morgan fingerprint density at radius 3 is 1.92 bits per heavy atom. The SMILES string of the molecule is CC(C)(C)c1cc(CCCCN2CCNCC2)cc(C(C)(C)C)c1O. The molecule has 1 aliphatic rings. The Kier molecular flexibility index (Phi) is 6.56. The number of nitrogens with zero attached hydrogens (tertiary/aromatic N) is 1. The second kappa shape index (κ2) is 8.09. The maximum atomic E-state index is 10.8. The topological polar surface area (TPSA) is 35.5 Å². The first kappa shape index (κ1) is 20.3. The summed E-state index contributed by atoms with van der Waals surface area (Å²) >= 11 is 0.